The van der Waals surface area contributed by atoms with Crippen LogP contribution >= 0.6 is 0 Å². The van der Waals surface area contributed by atoms with Crippen LogP contribution in [0.2, 0.25) is 0 Å². The van der Waals surface area contributed by atoms with Gasteiger partial charge in [-0.2, -0.15) is 0 Å². The van der Waals surface area contributed by atoms with Crippen molar-refractivity contribution in [2.45, 2.75) is 57.1 Å². The van der Waals surface area contributed by atoms with Gasteiger partial charge in [0.15, 0.2) is 0 Å². The van der Waals surface area contributed by atoms with E-state index in [-0.39, 0.29) is 11.2 Å². The van der Waals surface area contributed by atoms with E-state index in [9.17, 15) is 13.2 Å². The molecule has 0 heterocycles. The van der Waals surface area contributed by atoms with Crippen molar-refractivity contribution in [2.24, 2.45) is 0 Å². The summed E-state index contributed by atoms with van der Waals surface area (Å²) in [5, 5.41) is 2.57. The molecule has 150 valence electrons. The number of hydrogen-bond acceptors (Lipinski definition) is 3. The van der Waals surface area contributed by atoms with Gasteiger partial charge in [-0.15, -0.1) is 0 Å². The van der Waals surface area contributed by atoms with Gasteiger partial charge in [0.2, 0.25) is 10.0 Å². The summed E-state index contributed by atoms with van der Waals surface area (Å²) in [7, 11) is -3.36. The van der Waals surface area contributed by atoms with E-state index in [1.165, 1.54) is 5.56 Å². The van der Waals surface area contributed by atoms with E-state index >= 15 is 0 Å². The van der Waals surface area contributed by atoms with Gasteiger partial charge in [0.1, 0.15) is 0 Å². The van der Waals surface area contributed by atoms with E-state index in [1.54, 1.807) is 24.3 Å². The number of carbonyl (C=O) groups excluding carboxylic acids is 1. The number of rotatable bonds is 8. The molecular weight excluding hydrogens is 372 g/mol. The molecule has 0 atom stereocenters. The second kappa shape index (κ2) is 9.24. The molecule has 0 aliphatic heterocycles. The Bertz CT molecular complexity index is 884. The Morgan fingerprint density at radius 2 is 1.57 bits per heavy atom. The average Bonchev–Trinajstić information content (AvgIpc) is 3.24. The maximum absolute atomic E-state index is 12.4. The lowest BCUT2D eigenvalue weighted by atomic mass is 10.1. The van der Waals surface area contributed by atoms with E-state index in [4.69, 9.17) is 0 Å². The Hall–Kier alpha value is -2.34. The third kappa shape index (κ3) is 5.35. The minimum atomic E-state index is -3.36. The minimum absolute atomic E-state index is 0.216. The second-order valence-electron chi connectivity index (χ2n) is 7.39. The van der Waals surface area contributed by atoms with Crippen LogP contribution in [0.15, 0.2) is 48.5 Å². The van der Waals surface area contributed by atoms with Crippen molar-refractivity contribution < 1.29 is 13.2 Å². The summed E-state index contributed by atoms with van der Waals surface area (Å²) in [6.45, 7) is 2.17. The summed E-state index contributed by atoms with van der Waals surface area (Å²) in [5.74, 6) is -0.216. The quantitative estimate of drug-likeness (QED) is 0.657. The molecule has 2 aromatic rings. The van der Waals surface area contributed by atoms with Crippen LogP contribution in [-0.2, 0) is 16.4 Å². The number of unbranched alkanes of at least 4 members (excludes halogenated alkanes) is 1. The van der Waals surface area contributed by atoms with Gasteiger partial charge in [-0.3, -0.25) is 9.52 Å². The van der Waals surface area contributed by atoms with Crippen LogP contribution in [-0.4, -0.2) is 19.6 Å². The van der Waals surface area contributed by atoms with E-state index in [2.05, 4.69) is 17.0 Å². The molecular formula is C22H28N2O3S. The van der Waals surface area contributed by atoms with Crippen LogP contribution in [0.25, 0.3) is 0 Å². The van der Waals surface area contributed by atoms with E-state index < -0.39 is 10.0 Å². The van der Waals surface area contributed by atoms with Gasteiger partial charge in [0.05, 0.1) is 5.25 Å². The summed E-state index contributed by atoms with van der Waals surface area (Å²) in [4.78, 5) is 12.4. The zero-order valence-corrected chi connectivity index (χ0v) is 17.1. The molecule has 0 saturated heterocycles. The summed E-state index contributed by atoms with van der Waals surface area (Å²) in [5.41, 5.74) is 2.98. The van der Waals surface area contributed by atoms with Gasteiger partial charge in [-0.05, 0) is 67.6 Å². The highest BCUT2D eigenvalue weighted by Crippen LogP contribution is 2.26. The second-order valence-corrected chi connectivity index (χ2v) is 9.35. The van der Waals surface area contributed by atoms with Gasteiger partial charge in [-0.25, -0.2) is 8.42 Å². The average molecular weight is 401 g/mol. The molecule has 28 heavy (non-hydrogen) atoms. The van der Waals surface area contributed by atoms with E-state index in [0.29, 0.717) is 24.1 Å². The zero-order valence-electron chi connectivity index (χ0n) is 16.3. The minimum Gasteiger partial charge on any atom is -0.322 e. The number of benzene rings is 2. The fraction of sp³-hybridized carbons (Fsp3) is 0.409. The summed E-state index contributed by atoms with van der Waals surface area (Å²) < 4.78 is 27.4. The molecule has 3 rings (SSSR count). The molecule has 0 unspecified atom stereocenters. The first kappa shape index (κ1) is 20.4. The number of aryl methyl sites for hydroxylation is 1. The van der Waals surface area contributed by atoms with Crippen molar-refractivity contribution in [3.63, 3.8) is 0 Å². The Morgan fingerprint density at radius 1 is 0.964 bits per heavy atom. The lowest BCUT2D eigenvalue weighted by molar-refractivity contribution is 0.102. The normalized spacial score (nSPS) is 14.8. The van der Waals surface area contributed by atoms with Crippen molar-refractivity contribution in [3.05, 3.63) is 59.7 Å². The number of hydrogen-bond donors (Lipinski definition) is 2. The molecule has 0 radical (unpaired) electrons. The lowest BCUT2D eigenvalue weighted by Crippen LogP contribution is -2.25. The molecule has 2 N–H and O–H groups in total. The highest BCUT2D eigenvalue weighted by molar-refractivity contribution is 7.93. The molecule has 2 aromatic carbocycles. The molecule has 5 nitrogen and oxygen atoms in total. The van der Waals surface area contributed by atoms with Crippen LogP contribution in [0.5, 0.6) is 0 Å². The molecule has 0 aromatic heterocycles. The largest absolute Gasteiger partial charge is 0.322 e. The Labute approximate surface area is 167 Å². The maximum atomic E-state index is 12.4. The topological polar surface area (TPSA) is 75.3 Å². The molecule has 1 saturated carbocycles. The summed E-state index contributed by atoms with van der Waals surface area (Å²) >= 11 is 0. The fourth-order valence-electron chi connectivity index (χ4n) is 3.47. The molecule has 1 fully saturated rings. The predicted molar refractivity (Wildman–Crippen MR) is 114 cm³/mol. The number of carbonyl (C=O) groups is 1. The van der Waals surface area contributed by atoms with Crippen molar-refractivity contribution in [1.29, 1.82) is 0 Å². The molecule has 0 bridgehead atoms. The van der Waals surface area contributed by atoms with Gasteiger partial charge in [0, 0.05) is 16.9 Å². The zero-order chi connectivity index (χ0) is 20.0. The monoisotopic (exact) mass is 400 g/mol. The van der Waals surface area contributed by atoms with Crippen molar-refractivity contribution in [2.75, 3.05) is 10.0 Å². The predicted octanol–water partition coefficient (Wildman–Crippen LogP) is 4.97. The van der Waals surface area contributed by atoms with Crippen LogP contribution in [0.4, 0.5) is 11.4 Å². The third-order valence-corrected chi connectivity index (χ3v) is 7.05. The van der Waals surface area contributed by atoms with Crippen LogP contribution in [0, 0.1) is 0 Å². The standard InChI is InChI=1S/C22H28N2O3S/c1-2-3-6-17-9-13-19(14-10-17)23-22(25)18-11-15-20(16-12-18)24-28(26,27)21-7-4-5-8-21/h9-16,21,24H,2-8H2,1H3,(H,23,25). The summed E-state index contributed by atoms with van der Waals surface area (Å²) in [6.07, 6.45) is 6.71. The summed E-state index contributed by atoms with van der Waals surface area (Å²) in [6, 6.07) is 14.4. The van der Waals surface area contributed by atoms with Crippen LogP contribution < -0.4 is 10.0 Å². The van der Waals surface area contributed by atoms with Crippen molar-refractivity contribution in [1.82, 2.24) is 0 Å². The first-order chi connectivity index (χ1) is 13.5. The third-order valence-electron chi connectivity index (χ3n) is 5.18. The first-order valence-electron chi connectivity index (χ1n) is 10.00. The fourth-order valence-corrected chi connectivity index (χ4v) is 5.06. The number of nitrogens with one attached hydrogen (secondary N) is 2. The maximum Gasteiger partial charge on any atom is 0.255 e. The van der Waals surface area contributed by atoms with E-state index in [1.807, 2.05) is 24.3 Å². The van der Waals surface area contributed by atoms with Gasteiger partial charge >= 0.3 is 0 Å². The molecule has 1 aliphatic carbocycles. The Balaban J connectivity index is 1.59. The van der Waals surface area contributed by atoms with Crippen LogP contribution in [0.1, 0.15) is 61.4 Å². The SMILES string of the molecule is CCCCc1ccc(NC(=O)c2ccc(NS(=O)(=O)C3CCCC3)cc2)cc1. The van der Waals surface area contributed by atoms with Gasteiger partial charge < -0.3 is 5.32 Å². The Morgan fingerprint density at radius 3 is 2.18 bits per heavy atom. The highest BCUT2D eigenvalue weighted by Gasteiger charge is 2.28. The smallest absolute Gasteiger partial charge is 0.255 e. The van der Waals surface area contributed by atoms with Gasteiger partial charge in [0.25, 0.3) is 5.91 Å². The van der Waals surface area contributed by atoms with Crippen LogP contribution in [0.3, 0.4) is 0 Å². The molecule has 1 amide bonds. The number of anilines is 2. The number of amides is 1. The van der Waals surface area contributed by atoms with E-state index in [0.717, 1.165) is 37.8 Å². The van der Waals surface area contributed by atoms with Gasteiger partial charge in [-0.1, -0.05) is 38.3 Å². The molecule has 1 aliphatic rings. The first-order valence-corrected chi connectivity index (χ1v) is 11.5. The van der Waals surface area contributed by atoms with Crippen molar-refractivity contribution >= 4 is 27.3 Å². The number of sulfonamides is 1. The highest BCUT2D eigenvalue weighted by atomic mass is 32.2. The molecule has 0 spiro atoms. The molecule has 6 heteroatoms. The Kier molecular flexibility index (Phi) is 6.73. The lowest BCUT2D eigenvalue weighted by Gasteiger charge is -2.13. The van der Waals surface area contributed by atoms with Crippen molar-refractivity contribution in [3.8, 4) is 0 Å².